The topological polar surface area (TPSA) is 95.1 Å². The maximum absolute atomic E-state index is 11.2. The van der Waals surface area contributed by atoms with E-state index in [9.17, 15) is 4.79 Å². The van der Waals surface area contributed by atoms with Gasteiger partial charge in [-0.05, 0) is 18.4 Å². The zero-order valence-electron chi connectivity index (χ0n) is 11.7. The Kier molecular flexibility index (Phi) is 5.86. The van der Waals surface area contributed by atoms with Gasteiger partial charge in [-0.15, -0.1) is 5.10 Å². The maximum Gasteiger partial charge on any atom is 0.287 e. The summed E-state index contributed by atoms with van der Waals surface area (Å²) in [4.78, 5) is 11.2. The van der Waals surface area contributed by atoms with Crippen molar-refractivity contribution in [2.75, 3.05) is 13.2 Å². The SMILES string of the molecule is NNC(=O)c1cn(CCOCCCc2ccccc2)nn1. The lowest BCUT2D eigenvalue weighted by atomic mass is 10.1. The van der Waals surface area contributed by atoms with Crippen molar-refractivity contribution in [3.8, 4) is 0 Å². The van der Waals surface area contributed by atoms with Crippen molar-refractivity contribution in [2.24, 2.45) is 5.84 Å². The number of hydrazine groups is 1. The van der Waals surface area contributed by atoms with Crippen molar-refractivity contribution in [1.82, 2.24) is 20.4 Å². The van der Waals surface area contributed by atoms with Crippen molar-refractivity contribution in [3.05, 3.63) is 47.8 Å². The number of nitrogens with zero attached hydrogens (tertiary/aromatic N) is 3. The summed E-state index contributed by atoms with van der Waals surface area (Å²) < 4.78 is 7.10. The third-order valence-electron chi connectivity index (χ3n) is 2.96. The van der Waals surface area contributed by atoms with E-state index in [4.69, 9.17) is 10.6 Å². The first-order valence-electron chi connectivity index (χ1n) is 6.82. The van der Waals surface area contributed by atoms with Crippen LogP contribution in [0, 0.1) is 0 Å². The Morgan fingerprint density at radius 2 is 2.10 bits per heavy atom. The van der Waals surface area contributed by atoms with E-state index >= 15 is 0 Å². The molecular weight excluding hydrogens is 270 g/mol. The number of carbonyl (C=O) groups is 1. The quantitative estimate of drug-likeness (QED) is 0.320. The molecular formula is C14H19N5O2. The van der Waals surface area contributed by atoms with E-state index in [0.29, 0.717) is 19.8 Å². The fraction of sp³-hybridized carbons (Fsp3) is 0.357. The van der Waals surface area contributed by atoms with Crippen LogP contribution in [0.4, 0.5) is 0 Å². The second kappa shape index (κ2) is 8.13. The van der Waals surface area contributed by atoms with E-state index < -0.39 is 5.91 Å². The molecule has 2 rings (SSSR count). The number of benzene rings is 1. The minimum atomic E-state index is -0.454. The van der Waals surface area contributed by atoms with Crippen molar-refractivity contribution < 1.29 is 9.53 Å². The molecule has 1 aromatic carbocycles. The van der Waals surface area contributed by atoms with Gasteiger partial charge in [0, 0.05) is 6.61 Å². The lowest BCUT2D eigenvalue weighted by Crippen LogP contribution is -2.30. The molecule has 1 aromatic heterocycles. The molecule has 0 aliphatic heterocycles. The Bertz CT molecular complexity index is 556. The first-order chi connectivity index (χ1) is 10.3. The van der Waals surface area contributed by atoms with Crippen LogP contribution in [0.2, 0.25) is 0 Å². The van der Waals surface area contributed by atoms with Crippen molar-refractivity contribution in [1.29, 1.82) is 0 Å². The number of nitrogens with two attached hydrogens (primary N) is 1. The highest BCUT2D eigenvalue weighted by molar-refractivity contribution is 5.91. The van der Waals surface area contributed by atoms with Gasteiger partial charge in [0.05, 0.1) is 19.3 Å². The molecule has 1 amide bonds. The minimum Gasteiger partial charge on any atom is -0.380 e. The average Bonchev–Trinajstić information content (AvgIpc) is 3.00. The standard InChI is InChI=1S/C14H19N5O2/c15-16-14(20)13-11-19(18-17-13)8-10-21-9-4-7-12-5-2-1-3-6-12/h1-3,5-6,11H,4,7-10,15H2,(H,16,20). The van der Waals surface area contributed by atoms with Crippen LogP contribution in [0.1, 0.15) is 22.5 Å². The minimum absolute atomic E-state index is 0.196. The van der Waals surface area contributed by atoms with Gasteiger partial charge in [0.25, 0.3) is 5.91 Å². The van der Waals surface area contributed by atoms with E-state index in [1.165, 1.54) is 11.8 Å². The molecule has 0 saturated heterocycles. The summed E-state index contributed by atoms with van der Waals surface area (Å²) in [7, 11) is 0. The van der Waals surface area contributed by atoms with Gasteiger partial charge in [0.1, 0.15) is 0 Å². The summed E-state index contributed by atoms with van der Waals surface area (Å²) in [6, 6.07) is 10.3. The normalized spacial score (nSPS) is 10.5. The van der Waals surface area contributed by atoms with Crippen LogP contribution in [0.25, 0.3) is 0 Å². The number of hydrogen-bond acceptors (Lipinski definition) is 5. The number of aromatic nitrogens is 3. The summed E-state index contributed by atoms with van der Waals surface area (Å²) in [5.74, 6) is 4.56. The number of nitrogens with one attached hydrogen (secondary N) is 1. The van der Waals surface area contributed by atoms with Gasteiger partial charge < -0.3 is 4.74 Å². The summed E-state index contributed by atoms with van der Waals surface area (Å²) in [5, 5.41) is 7.53. The van der Waals surface area contributed by atoms with Gasteiger partial charge in [0.2, 0.25) is 0 Å². The summed E-state index contributed by atoms with van der Waals surface area (Å²) in [6.45, 7) is 1.78. The molecule has 21 heavy (non-hydrogen) atoms. The predicted octanol–water partition coefficient (Wildman–Crippen LogP) is 0.531. The molecule has 0 spiro atoms. The van der Waals surface area contributed by atoms with Crippen LogP contribution in [0.5, 0.6) is 0 Å². The van der Waals surface area contributed by atoms with Gasteiger partial charge in [-0.2, -0.15) is 0 Å². The van der Waals surface area contributed by atoms with Crippen molar-refractivity contribution >= 4 is 5.91 Å². The van der Waals surface area contributed by atoms with Crippen LogP contribution < -0.4 is 11.3 Å². The highest BCUT2D eigenvalue weighted by atomic mass is 16.5. The maximum atomic E-state index is 11.2. The molecule has 0 saturated carbocycles. The largest absolute Gasteiger partial charge is 0.380 e. The number of aryl methyl sites for hydroxylation is 1. The Morgan fingerprint density at radius 3 is 2.86 bits per heavy atom. The first kappa shape index (κ1) is 15.1. The molecule has 7 nitrogen and oxygen atoms in total. The molecule has 112 valence electrons. The van der Waals surface area contributed by atoms with Crippen molar-refractivity contribution in [3.63, 3.8) is 0 Å². The second-order valence-electron chi connectivity index (χ2n) is 4.54. The monoisotopic (exact) mass is 289 g/mol. The molecule has 0 unspecified atom stereocenters. The molecule has 0 atom stereocenters. The third kappa shape index (κ3) is 4.97. The number of amides is 1. The molecule has 3 N–H and O–H groups in total. The van der Waals surface area contributed by atoms with Gasteiger partial charge in [-0.25, -0.2) is 10.5 Å². The zero-order chi connectivity index (χ0) is 14.9. The highest BCUT2D eigenvalue weighted by Gasteiger charge is 2.08. The van der Waals surface area contributed by atoms with E-state index in [-0.39, 0.29) is 5.69 Å². The molecule has 0 aliphatic carbocycles. The second-order valence-corrected chi connectivity index (χ2v) is 4.54. The number of rotatable bonds is 8. The fourth-order valence-electron chi connectivity index (χ4n) is 1.87. The summed E-state index contributed by atoms with van der Waals surface area (Å²) in [6.07, 6.45) is 3.52. The number of ether oxygens (including phenoxy) is 1. The number of carbonyl (C=O) groups excluding carboxylic acids is 1. The van der Waals surface area contributed by atoms with Gasteiger partial charge >= 0.3 is 0 Å². The predicted molar refractivity (Wildman–Crippen MR) is 77.3 cm³/mol. The van der Waals surface area contributed by atoms with Crippen LogP contribution >= 0.6 is 0 Å². The Hall–Kier alpha value is -2.25. The molecule has 0 aliphatic rings. The van der Waals surface area contributed by atoms with E-state index in [0.717, 1.165) is 12.8 Å². The van der Waals surface area contributed by atoms with E-state index in [2.05, 4.69) is 22.4 Å². The lowest BCUT2D eigenvalue weighted by Gasteiger charge is -2.04. The van der Waals surface area contributed by atoms with Crippen LogP contribution in [0.15, 0.2) is 36.5 Å². The van der Waals surface area contributed by atoms with Gasteiger partial charge in [0.15, 0.2) is 5.69 Å². The Morgan fingerprint density at radius 1 is 1.29 bits per heavy atom. The summed E-state index contributed by atoms with van der Waals surface area (Å²) >= 11 is 0. The van der Waals surface area contributed by atoms with Crippen molar-refractivity contribution in [2.45, 2.75) is 19.4 Å². The molecule has 1 heterocycles. The average molecular weight is 289 g/mol. The fourth-order valence-corrected chi connectivity index (χ4v) is 1.87. The van der Waals surface area contributed by atoms with Gasteiger partial charge in [-0.1, -0.05) is 35.5 Å². The number of nitrogen functional groups attached to an aromatic ring is 1. The highest BCUT2D eigenvalue weighted by Crippen LogP contribution is 2.02. The molecule has 0 fully saturated rings. The first-order valence-corrected chi connectivity index (χ1v) is 6.82. The molecule has 7 heteroatoms. The summed E-state index contributed by atoms with van der Waals surface area (Å²) in [5.41, 5.74) is 3.52. The van der Waals surface area contributed by atoms with E-state index in [1.54, 1.807) is 4.68 Å². The Labute approximate surface area is 123 Å². The van der Waals surface area contributed by atoms with Crippen LogP contribution in [-0.4, -0.2) is 34.1 Å². The lowest BCUT2D eigenvalue weighted by molar-refractivity contribution is 0.0948. The van der Waals surface area contributed by atoms with E-state index in [1.807, 2.05) is 23.6 Å². The van der Waals surface area contributed by atoms with Crippen LogP contribution in [0.3, 0.4) is 0 Å². The zero-order valence-corrected chi connectivity index (χ0v) is 11.7. The van der Waals surface area contributed by atoms with Gasteiger partial charge in [-0.3, -0.25) is 10.2 Å². The molecule has 2 aromatic rings. The molecule has 0 bridgehead atoms. The van der Waals surface area contributed by atoms with Crippen LogP contribution in [-0.2, 0) is 17.7 Å². The number of hydrogen-bond donors (Lipinski definition) is 2. The smallest absolute Gasteiger partial charge is 0.287 e. The third-order valence-corrected chi connectivity index (χ3v) is 2.96. The molecule has 0 radical (unpaired) electrons. The Balaban J connectivity index is 1.59.